The van der Waals surface area contributed by atoms with Crippen molar-refractivity contribution in [2.24, 2.45) is 0 Å². The number of hydrogen-bond acceptors (Lipinski definition) is 6. The van der Waals surface area contributed by atoms with Crippen molar-refractivity contribution < 1.29 is 0 Å². The van der Waals surface area contributed by atoms with E-state index in [4.69, 9.17) is 0 Å². The Balaban J connectivity index is 1.68. The van der Waals surface area contributed by atoms with Gasteiger partial charge in [-0.2, -0.15) is 5.10 Å². The van der Waals surface area contributed by atoms with Gasteiger partial charge in [0.15, 0.2) is 5.82 Å². The topological polar surface area (TPSA) is 68.5 Å². The molecule has 0 amide bonds. The highest BCUT2D eigenvalue weighted by molar-refractivity contribution is 7.09. The second kappa shape index (κ2) is 4.92. The summed E-state index contributed by atoms with van der Waals surface area (Å²) in [5.41, 5.74) is 0.953. The van der Waals surface area contributed by atoms with Gasteiger partial charge in [-0.05, 0) is 12.1 Å². The minimum Gasteiger partial charge on any atom is -0.377 e. The maximum atomic E-state index is 4.30. The molecule has 0 saturated heterocycles. The van der Waals surface area contributed by atoms with E-state index in [0.29, 0.717) is 6.54 Å². The zero-order valence-electron chi connectivity index (χ0n) is 9.39. The number of aromatic nitrogens is 5. The molecular formula is C11H10N6S. The van der Waals surface area contributed by atoms with Gasteiger partial charge in [-0.1, -0.05) is 0 Å². The molecule has 0 aromatic carbocycles. The molecule has 0 aliphatic carbocycles. The fraction of sp³-hybridized carbons (Fsp3) is 0.0909. The van der Waals surface area contributed by atoms with Gasteiger partial charge in [0.1, 0.15) is 17.7 Å². The fourth-order valence-electron chi connectivity index (χ4n) is 1.47. The van der Waals surface area contributed by atoms with Crippen LogP contribution in [0.5, 0.6) is 0 Å². The van der Waals surface area contributed by atoms with Crippen molar-refractivity contribution >= 4 is 17.0 Å². The van der Waals surface area contributed by atoms with Crippen LogP contribution in [-0.2, 0) is 6.54 Å². The van der Waals surface area contributed by atoms with Crippen molar-refractivity contribution in [1.82, 2.24) is 24.7 Å². The molecule has 0 aliphatic rings. The molecule has 0 unspecified atom stereocenters. The highest BCUT2D eigenvalue weighted by Crippen LogP contribution is 2.11. The molecule has 3 rings (SSSR count). The lowest BCUT2D eigenvalue weighted by Crippen LogP contribution is -2.01. The quantitative estimate of drug-likeness (QED) is 0.772. The Hall–Kier alpha value is -2.28. The van der Waals surface area contributed by atoms with E-state index in [2.05, 4.69) is 25.4 Å². The summed E-state index contributed by atoms with van der Waals surface area (Å²) in [4.78, 5) is 12.4. The Bertz CT molecular complexity index is 587. The van der Waals surface area contributed by atoms with Crippen LogP contribution in [0.15, 0.2) is 42.6 Å². The number of nitrogens with one attached hydrogen (secondary N) is 1. The zero-order chi connectivity index (χ0) is 12.2. The van der Waals surface area contributed by atoms with Gasteiger partial charge in [0.25, 0.3) is 0 Å². The second-order valence-corrected chi connectivity index (χ2v) is 4.50. The molecule has 0 spiro atoms. The van der Waals surface area contributed by atoms with Crippen LogP contribution in [0.4, 0.5) is 5.69 Å². The van der Waals surface area contributed by atoms with Gasteiger partial charge in [0.05, 0.1) is 18.4 Å². The predicted molar refractivity (Wildman–Crippen MR) is 68.6 cm³/mol. The van der Waals surface area contributed by atoms with Crippen molar-refractivity contribution in [1.29, 1.82) is 0 Å². The molecule has 3 aromatic rings. The summed E-state index contributed by atoms with van der Waals surface area (Å²) in [7, 11) is 0. The Morgan fingerprint density at radius 3 is 2.94 bits per heavy atom. The van der Waals surface area contributed by atoms with Crippen LogP contribution in [-0.4, -0.2) is 24.7 Å². The first-order chi connectivity index (χ1) is 8.92. The van der Waals surface area contributed by atoms with Gasteiger partial charge in [-0.3, -0.25) is 0 Å². The maximum Gasteiger partial charge on any atom is 0.155 e. The SMILES string of the molecule is c1csc(CNc2ccc(-n3cncn3)nc2)n1. The number of nitrogens with zero attached hydrogens (tertiary/aromatic N) is 5. The number of rotatable bonds is 4. The number of hydrogen-bond donors (Lipinski definition) is 1. The molecule has 0 fully saturated rings. The molecule has 0 radical (unpaired) electrons. The van der Waals surface area contributed by atoms with E-state index in [1.54, 1.807) is 34.7 Å². The van der Waals surface area contributed by atoms with Crippen LogP contribution >= 0.6 is 11.3 Å². The Kier molecular flexibility index (Phi) is 2.97. The average molecular weight is 258 g/mol. The molecule has 0 atom stereocenters. The standard InChI is InChI=1S/C11H10N6S/c1-2-10(17-8-12-7-16-17)15-5-9(1)14-6-11-13-3-4-18-11/h1-5,7-8,14H,6H2. The van der Waals surface area contributed by atoms with E-state index in [9.17, 15) is 0 Å². The van der Waals surface area contributed by atoms with Crippen LogP contribution in [0.3, 0.4) is 0 Å². The molecule has 1 N–H and O–H groups in total. The molecule has 18 heavy (non-hydrogen) atoms. The Labute approximate surface area is 107 Å². The highest BCUT2D eigenvalue weighted by Gasteiger charge is 1.99. The molecule has 90 valence electrons. The lowest BCUT2D eigenvalue weighted by Gasteiger charge is -2.04. The first kappa shape index (κ1) is 10.8. The van der Waals surface area contributed by atoms with Crippen molar-refractivity contribution in [3.8, 4) is 5.82 Å². The van der Waals surface area contributed by atoms with Gasteiger partial charge in [-0.15, -0.1) is 11.3 Å². The van der Waals surface area contributed by atoms with E-state index in [0.717, 1.165) is 16.5 Å². The van der Waals surface area contributed by atoms with Crippen molar-refractivity contribution in [3.05, 3.63) is 47.6 Å². The lowest BCUT2D eigenvalue weighted by atomic mass is 10.4. The monoisotopic (exact) mass is 258 g/mol. The minimum atomic E-state index is 0.710. The van der Waals surface area contributed by atoms with Crippen LogP contribution in [0.25, 0.3) is 5.82 Å². The maximum absolute atomic E-state index is 4.30. The summed E-state index contributed by atoms with van der Waals surface area (Å²) in [5, 5.41) is 10.3. The molecule has 3 heterocycles. The molecular weight excluding hydrogens is 248 g/mol. The van der Waals surface area contributed by atoms with Crippen molar-refractivity contribution in [2.45, 2.75) is 6.54 Å². The third-order valence-corrected chi connectivity index (χ3v) is 3.11. The molecule has 7 heteroatoms. The number of thiazole rings is 1. The molecule has 0 saturated carbocycles. The van der Waals surface area contributed by atoms with Gasteiger partial charge < -0.3 is 5.32 Å². The summed E-state index contributed by atoms with van der Waals surface area (Å²) in [6.07, 6.45) is 6.67. The van der Waals surface area contributed by atoms with Gasteiger partial charge in [-0.25, -0.2) is 19.6 Å². The lowest BCUT2D eigenvalue weighted by molar-refractivity contribution is 0.845. The number of anilines is 1. The largest absolute Gasteiger partial charge is 0.377 e. The highest BCUT2D eigenvalue weighted by atomic mass is 32.1. The van der Waals surface area contributed by atoms with E-state index in [-0.39, 0.29) is 0 Å². The van der Waals surface area contributed by atoms with E-state index >= 15 is 0 Å². The van der Waals surface area contributed by atoms with E-state index in [1.807, 2.05) is 17.5 Å². The minimum absolute atomic E-state index is 0.710. The first-order valence-electron chi connectivity index (χ1n) is 5.35. The predicted octanol–water partition coefficient (Wildman–Crippen LogP) is 1.73. The van der Waals surface area contributed by atoms with Gasteiger partial charge >= 0.3 is 0 Å². The fourth-order valence-corrected chi connectivity index (χ4v) is 2.03. The summed E-state index contributed by atoms with van der Waals surface area (Å²) >= 11 is 1.63. The van der Waals surface area contributed by atoms with Crippen LogP contribution in [0.2, 0.25) is 0 Å². The zero-order valence-corrected chi connectivity index (χ0v) is 10.2. The summed E-state index contributed by atoms with van der Waals surface area (Å²) in [6, 6.07) is 3.84. The molecule has 6 nitrogen and oxygen atoms in total. The summed E-state index contributed by atoms with van der Waals surface area (Å²) < 4.78 is 1.62. The first-order valence-corrected chi connectivity index (χ1v) is 6.23. The molecule has 0 bridgehead atoms. The Morgan fingerprint density at radius 1 is 1.28 bits per heavy atom. The summed E-state index contributed by atoms with van der Waals surface area (Å²) in [5.74, 6) is 0.743. The second-order valence-electron chi connectivity index (χ2n) is 3.52. The van der Waals surface area contributed by atoms with Crippen LogP contribution in [0, 0.1) is 0 Å². The van der Waals surface area contributed by atoms with Crippen molar-refractivity contribution in [3.63, 3.8) is 0 Å². The molecule has 0 aliphatic heterocycles. The third kappa shape index (κ3) is 2.35. The van der Waals surface area contributed by atoms with Gasteiger partial charge in [0.2, 0.25) is 0 Å². The van der Waals surface area contributed by atoms with Crippen LogP contribution < -0.4 is 5.32 Å². The normalized spacial score (nSPS) is 10.4. The molecule has 3 aromatic heterocycles. The smallest absolute Gasteiger partial charge is 0.155 e. The number of pyridine rings is 1. The van der Waals surface area contributed by atoms with Crippen LogP contribution in [0.1, 0.15) is 5.01 Å². The third-order valence-electron chi connectivity index (χ3n) is 2.33. The Morgan fingerprint density at radius 2 is 2.28 bits per heavy atom. The summed E-state index contributed by atoms with van der Waals surface area (Å²) in [6.45, 7) is 0.710. The van der Waals surface area contributed by atoms with Crippen molar-refractivity contribution in [2.75, 3.05) is 5.32 Å². The van der Waals surface area contributed by atoms with Gasteiger partial charge in [0, 0.05) is 11.6 Å². The average Bonchev–Trinajstić information content (AvgIpc) is 3.10. The van der Waals surface area contributed by atoms with E-state index < -0.39 is 0 Å². The van der Waals surface area contributed by atoms with E-state index in [1.165, 1.54) is 6.33 Å².